The minimum atomic E-state index is -0.0387. The number of nitrogens with two attached hydrogens (primary N) is 1. The van der Waals surface area contributed by atoms with Gasteiger partial charge in [0.1, 0.15) is 17.8 Å². The van der Waals surface area contributed by atoms with Crippen LogP contribution < -0.4 is 5.73 Å². The van der Waals surface area contributed by atoms with Gasteiger partial charge in [0, 0.05) is 24.9 Å². The molecule has 0 aliphatic rings. The molecule has 7 nitrogen and oxygen atoms in total. The van der Waals surface area contributed by atoms with Crippen molar-refractivity contribution in [3.63, 3.8) is 0 Å². The zero-order valence-corrected chi connectivity index (χ0v) is 9.57. The minimum absolute atomic E-state index is 0.0387. The first kappa shape index (κ1) is 10.5. The first-order valence-corrected chi connectivity index (χ1v) is 5.25. The molecule has 0 amide bonds. The number of hydrogen-bond acceptors (Lipinski definition) is 6. The topological polar surface area (TPSA) is 103 Å². The van der Waals surface area contributed by atoms with Gasteiger partial charge in [-0.25, -0.2) is 19.6 Å². The van der Waals surface area contributed by atoms with Gasteiger partial charge in [0.05, 0.1) is 5.39 Å². The van der Waals surface area contributed by atoms with E-state index in [0.717, 1.165) is 5.56 Å². The highest BCUT2D eigenvalue weighted by Gasteiger charge is 2.15. The Hall–Kier alpha value is -2.70. The van der Waals surface area contributed by atoms with Crippen molar-refractivity contribution >= 4 is 16.9 Å². The molecule has 0 spiro atoms. The molecule has 18 heavy (non-hydrogen) atoms. The van der Waals surface area contributed by atoms with Crippen LogP contribution >= 0.6 is 0 Å². The van der Waals surface area contributed by atoms with E-state index in [2.05, 4.69) is 20.1 Å². The van der Waals surface area contributed by atoms with Crippen LogP contribution in [-0.4, -0.2) is 29.8 Å². The molecule has 0 aliphatic carbocycles. The third-order valence-electron chi connectivity index (χ3n) is 2.67. The zero-order valence-electron chi connectivity index (χ0n) is 9.57. The van der Waals surface area contributed by atoms with Crippen molar-refractivity contribution in [2.45, 2.75) is 0 Å². The predicted molar refractivity (Wildman–Crippen MR) is 65.6 cm³/mol. The third-order valence-corrected chi connectivity index (χ3v) is 2.67. The fraction of sp³-hybridized carbons (Fsp3) is 0.0909. The maximum atomic E-state index is 9.19. The largest absolute Gasteiger partial charge is 0.493 e. The van der Waals surface area contributed by atoms with Crippen LogP contribution in [0.3, 0.4) is 0 Å². The van der Waals surface area contributed by atoms with E-state index in [1.165, 1.54) is 18.6 Å². The minimum Gasteiger partial charge on any atom is -0.493 e. The normalized spacial score (nSPS) is 10.9. The first-order valence-electron chi connectivity index (χ1n) is 5.25. The van der Waals surface area contributed by atoms with Crippen LogP contribution in [0.1, 0.15) is 0 Å². The number of anilines is 1. The Morgan fingerprint density at radius 1 is 1.22 bits per heavy atom. The fourth-order valence-electron chi connectivity index (χ4n) is 1.84. The molecule has 0 saturated heterocycles. The summed E-state index contributed by atoms with van der Waals surface area (Å²) >= 11 is 0. The molecule has 0 radical (unpaired) electrons. The first-order chi connectivity index (χ1) is 8.66. The summed E-state index contributed by atoms with van der Waals surface area (Å²) in [4.78, 5) is 11.9. The van der Waals surface area contributed by atoms with Gasteiger partial charge in [-0.2, -0.15) is 5.10 Å². The van der Waals surface area contributed by atoms with Crippen molar-refractivity contribution in [1.29, 1.82) is 0 Å². The number of fused-ring (bicyclic) bond motifs is 1. The molecule has 0 atom stereocenters. The Morgan fingerprint density at radius 3 is 2.78 bits per heavy atom. The van der Waals surface area contributed by atoms with E-state index < -0.39 is 0 Å². The maximum absolute atomic E-state index is 9.19. The molecule has 90 valence electrons. The van der Waals surface area contributed by atoms with Gasteiger partial charge in [0.15, 0.2) is 5.65 Å². The number of pyridine rings is 1. The van der Waals surface area contributed by atoms with E-state index in [4.69, 9.17) is 5.73 Å². The Labute approximate surface area is 102 Å². The van der Waals surface area contributed by atoms with E-state index >= 15 is 0 Å². The Balaban J connectivity index is 2.32. The van der Waals surface area contributed by atoms with Crippen molar-refractivity contribution in [2.24, 2.45) is 7.05 Å². The molecule has 3 heterocycles. The summed E-state index contributed by atoms with van der Waals surface area (Å²) in [6.07, 6.45) is 2.93. The van der Waals surface area contributed by atoms with Crippen LogP contribution in [0.25, 0.3) is 22.3 Å². The second-order valence-corrected chi connectivity index (χ2v) is 3.83. The number of aromatic nitrogens is 5. The van der Waals surface area contributed by atoms with Gasteiger partial charge in [-0.15, -0.1) is 0 Å². The van der Waals surface area contributed by atoms with E-state index in [1.807, 2.05) is 0 Å². The zero-order chi connectivity index (χ0) is 12.7. The van der Waals surface area contributed by atoms with Crippen LogP contribution in [0, 0.1) is 0 Å². The number of rotatable bonds is 1. The number of nitrogen functional groups attached to an aromatic ring is 1. The lowest BCUT2D eigenvalue weighted by molar-refractivity contribution is 0.453. The van der Waals surface area contributed by atoms with Gasteiger partial charge in [-0.1, -0.05) is 0 Å². The van der Waals surface area contributed by atoms with Crippen LogP contribution in [-0.2, 0) is 7.05 Å². The van der Waals surface area contributed by atoms with Crippen molar-refractivity contribution in [2.75, 3.05) is 5.73 Å². The summed E-state index contributed by atoms with van der Waals surface area (Å²) in [5.74, 6) is 0.333. The molecule has 0 aromatic carbocycles. The van der Waals surface area contributed by atoms with Gasteiger partial charge < -0.3 is 10.8 Å². The summed E-state index contributed by atoms with van der Waals surface area (Å²) in [5, 5.41) is 14.2. The van der Waals surface area contributed by atoms with Crippen molar-refractivity contribution in [3.05, 3.63) is 24.7 Å². The number of aryl methyl sites for hydroxylation is 1. The van der Waals surface area contributed by atoms with E-state index in [0.29, 0.717) is 22.5 Å². The van der Waals surface area contributed by atoms with E-state index in [9.17, 15) is 5.11 Å². The molecular formula is C11H10N6O. The standard InChI is InChI=1S/C11H10N6O/c1-17-11-8(10(12)14-5-15-11)9(16-17)6-2-3-7(18)13-4-6/h2-5H,1H3,(H,13,18)(H2,12,14,15). The smallest absolute Gasteiger partial charge is 0.210 e. The van der Waals surface area contributed by atoms with Crippen molar-refractivity contribution < 1.29 is 5.11 Å². The number of nitrogens with zero attached hydrogens (tertiary/aromatic N) is 5. The summed E-state index contributed by atoms with van der Waals surface area (Å²) in [7, 11) is 1.78. The molecule has 3 aromatic rings. The summed E-state index contributed by atoms with van der Waals surface area (Å²) in [6, 6.07) is 3.21. The van der Waals surface area contributed by atoms with Crippen LogP contribution in [0.4, 0.5) is 5.82 Å². The van der Waals surface area contributed by atoms with Gasteiger partial charge in [-0.3, -0.25) is 0 Å². The molecule has 0 bridgehead atoms. The van der Waals surface area contributed by atoms with E-state index in [1.54, 1.807) is 17.8 Å². The molecule has 3 rings (SSSR count). The molecule has 7 heteroatoms. The molecule has 3 aromatic heterocycles. The van der Waals surface area contributed by atoms with Gasteiger partial charge in [-0.05, 0) is 6.07 Å². The summed E-state index contributed by atoms with van der Waals surface area (Å²) in [6.45, 7) is 0. The third kappa shape index (κ3) is 1.45. The van der Waals surface area contributed by atoms with Gasteiger partial charge in [0.2, 0.25) is 5.88 Å². The lowest BCUT2D eigenvalue weighted by atomic mass is 10.1. The Bertz CT molecular complexity index is 718. The highest BCUT2D eigenvalue weighted by atomic mass is 16.3. The second kappa shape index (κ2) is 3.66. The molecule has 0 saturated carbocycles. The van der Waals surface area contributed by atoms with Crippen molar-refractivity contribution in [1.82, 2.24) is 24.7 Å². The molecule has 3 N–H and O–H groups in total. The lowest BCUT2D eigenvalue weighted by Gasteiger charge is -1.98. The summed E-state index contributed by atoms with van der Waals surface area (Å²) in [5.41, 5.74) is 7.92. The number of aromatic hydroxyl groups is 1. The highest BCUT2D eigenvalue weighted by molar-refractivity contribution is 5.97. The van der Waals surface area contributed by atoms with E-state index in [-0.39, 0.29) is 5.88 Å². The monoisotopic (exact) mass is 242 g/mol. The SMILES string of the molecule is Cn1nc(-c2ccc(O)nc2)c2c(N)ncnc21. The molecular weight excluding hydrogens is 232 g/mol. The average Bonchev–Trinajstić information content (AvgIpc) is 2.70. The fourth-order valence-corrected chi connectivity index (χ4v) is 1.84. The summed E-state index contributed by atoms with van der Waals surface area (Å²) < 4.78 is 1.63. The second-order valence-electron chi connectivity index (χ2n) is 3.83. The van der Waals surface area contributed by atoms with Crippen LogP contribution in [0.2, 0.25) is 0 Å². The lowest BCUT2D eigenvalue weighted by Crippen LogP contribution is -1.95. The average molecular weight is 242 g/mol. The van der Waals surface area contributed by atoms with Crippen LogP contribution in [0.5, 0.6) is 5.88 Å². The molecule has 0 unspecified atom stereocenters. The molecule has 0 fully saturated rings. The van der Waals surface area contributed by atoms with Crippen LogP contribution in [0.15, 0.2) is 24.7 Å². The maximum Gasteiger partial charge on any atom is 0.210 e. The van der Waals surface area contributed by atoms with Gasteiger partial charge >= 0.3 is 0 Å². The predicted octanol–water partition coefficient (Wildman–Crippen LogP) is 0.713. The Morgan fingerprint density at radius 2 is 2.06 bits per heavy atom. The van der Waals surface area contributed by atoms with Gasteiger partial charge in [0.25, 0.3) is 0 Å². The van der Waals surface area contributed by atoms with Crippen molar-refractivity contribution in [3.8, 4) is 17.1 Å². The molecule has 0 aliphatic heterocycles. The quantitative estimate of drug-likeness (QED) is 0.651. The highest BCUT2D eigenvalue weighted by Crippen LogP contribution is 2.29. The number of hydrogen-bond donors (Lipinski definition) is 2. The Kier molecular flexibility index (Phi) is 2.12.